The second-order valence-electron chi connectivity index (χ2n) is 12.0. The maximum Gasteiger partial charge on any atom is 0.255 e. The molecule has 1 aromatic rings. The number of hydrogen-bond acceptors (Lipinski definition) is 10. The molecular weight excluding hydrogens is 516 g/mol. The summed E-state index contributed by atoms with van der Waals surface area (Å²) >= 11 is 0. The minimum atomic E-state index is -2.65. The van der Waals surface area contributed by atoms with E-state index >= 15 is 0 Å². The first-order chi connectivity index (χ1) is 18.6. The monoisotopic (exact) mass is 556 g/mol. The van der Waals surface area contributed by atoms with Gasteiger partial charge in [-0.3, -0.25) is 19.3 Å². The molecule has 0 heterocycles. The number of primary amides is 1. The van der Waals surface area contributed by atoms with E-state index < -0.39 is 58.0 Å². The van der Waals surface area contributed by atoms with Crippen molar-refractivity contribution in [3.8, 4) is 5.75 Å². The first-order valence-corrected chi connectivity index (χ1v) is 13.5. The van der Waals surface area contributed by atoms with Crippen molar-refractivity contribution in [3.05, 3.63) is 39.7 Å². The van der Waals surface area contributed by atoms with Crippen LogP contribution in [0.25, 0.3) is 5.76 Å². The maximum atomic E-state index is 14.0. The smallest absolute Gasteiger partial charge is 0.255 e. The fraction of sp³-hybridized carbons (Fsp3) is 0.552. The van der Waals surface area contributed by atoms with Gasteiger partial charge in [-0.2, -0.15) is 0 Å². The molecule has 11 heteroatoms. The fourth-order valence-electron chi connectivity index (χ4n) is 6.67. The van der Waals surface area contributed by atoms with E-state index in [9.17, 15) is 34.8 Å². The Morgan fingerprint density at radius 3 is 2.38 bits per heavy atom. The number of nitrogens with zero attached hydrogens (tertiary/aromatic N) is 2. The van der Waals surface area contributed by atoms with Gasteiger partial charge in [0.1, 0.15) is 22.8 Å². The average molecular weight is 557 g/mol. The molecule has 0 radical (unpaired) electrons. The van der Waals surface area contributed by atoms with E-state index in [-0.39, 0.29) is 29.7 Å². The van der Waals surface area contributed by atoms with E-state index in [1.807, 2.05) is 19.0 Å². The van der Waals surface area contributed by atoms with Gasteiger partial charge in [-0.1, -0.05) is 13.8 Å². The van der Waals surface area contributed by atoms with Gasteiger partial charge in [0.15, 0.2) is 11.4 Å². The first-order valence-electron chi connectivity index (χ1n) is 13.5. The van der Waals surface area contributed by atoms with E-state index in [4.69, 9.17) is 5.73 Å². The molecule has 0 spiro atoms. The van der Waals surface area contributed by atoms with Crippen molar-refractivity contribution in [1.29, 1.82) is 0 Å². The highest BCUT2D eigenvalue weighted by molar-refractivity contribution is 6.24. The molecular formula is C29H40N4O7. The summed E-state index contributed by atoms with van der Waals surface area (Å²) in [5, 5.41) is 48.6. The van der Waals surface area contributed by atoms with Crippen LogP contribution in [-0.4, -0.2) is 89.2 Å². The Bertz CT molecular complexity index is 1330. The maximum absolute atomic E-state index is 14.0. The van der Waals surface area contributed by atoms with Crippen LogP contribution in [0.3, 0.4) is 0 Å². The Hall–Kier alpha value is -3.41. The molecule has 0 bridgehead atoms. The third-order valence-electron chi connectivity index (χ3n) is 8.43. The number of carbonyl (C=O) groups is 3. The van der Waals surface area contributed by atoms with E-state index in [1.54, 1.807) is 20.2 Å². The molecule has 3 aliphatic rings. The standard InChI is InChI=1S/C29H40N4O7/c1-13(2)7-8-31-12-15-11-18(34)20-16(22(15)32(3)4)9-14-10-17-23(33(5)6)25(36)21(28(30)39)27(38)29(17,40)26(37)19(14)24(20)35/h11,13-14,17,23,31,34-35,38,40H,7-10,12H2,1-6H3,(H2,30,39)/t14-,17-,23-,29-/m0/s1. The molecule has 40 heavy (non-hydrogen) atoms. The van der Waals surface area contributed by atoms with Gasteiger partial charge >= 0.3 is 0 Å². The van der Waals surface area contributed by atoms with Crippen LogP contribution >= 0.6 is 0 Å². The largest absolute Gasteiger partial charge is 0.508 e. The Labute approximate surface area is 233 Å². The normalized spacial score (nSPS) is 26.3. The first kappa shape index (κ1) is 29.6. The number of ketones is 2. The molecule has 1 aromatic carbocycles. The van der Waals surface area contributed by atoms with Gasteiger partial charge in [0.2, 0.25) is 5.78 Å². The minimum Gasteiger partial charge on any atom is -0.508 e. The lowest BCUT2D eigenvalue weighted by Crippen LogP contribution is -2.65. The van der Waals surface area contributed by atoms with E-state index in [0.717, 1.165) is 24.2 Å². The number of fused-ring (bicyclic) bond motifs is 3. The van der Waals surface area contributed by atoms with Crippen molar-refractivity contribution in [1.82, 2.24) is 10.2 Å². The zero-order valence-corrected chi connectivity index (χ0v) is 23.9. The summed E-state index contributed by atoms with van der Waals surface area (Å²) in [5.74, 6) is -6.04. The Balaban J connectivity index is 1.88. The van der Waals surface area contributed by atoms with Crippen LogP contribution in [0.5, 0.6) is 5.75 Å². The van der Waals surface area contributed by atoms with Gasteiger partial charge in [0.05, 0.1) is 11.6 Å². The molecule has 4 rings (SSSR count). The lowest BCUT2D eigenvalue weighted by Gasteiger charge is -2.50. The number of anilines is 1. The number of aromatic hydroxyl groups is 1. The molecule has 1 amide bonds. The number of phenols is 1. The van der Waals surface area contributed by atoms with Gasteiger partial charge in [-0.15, -0.1) is 0 Å². The highest BCUT2D eigenvalue weighted by Gasteiger charge is 2.64. The predicted octanol–water partition coefficient (Wildman–Crippen LogP) is 1.17. The minimum absolute atomic E-state index is 0.0518. The van der Waals surface area contributed by atoms with Crippen LogP contribution in [0.4, 0.5) is 5.69 Å². The van der Waals surface area contributed by atoms with Gasteiger partial charge in [-0.05, 0) is 68.9 Å². The Morgan fingerprint density at radius 2 is 1.82 bits per heavy atom. The van der Waals surface area contributed by atoms with Crippen molar-refractivity contribution in [2.75, 3.05) is 39.6 Å². The topological polar surface area (TPSA) is 177 Å². The number of carbonyl (C=O) groups excluding carboxylic acids is 3. The number of phenolic OH excluding ortho intramolecular Hbond substituents is 1. The summed E-state index contributed by atoms with van der Waals surface area (Å²) in [7, 11) is 6.88. The van der Waals surface area contributed by atoms with E-state index in [0.29, 0.717) is 18.0 Å². The third kappa shape index (κ3) is 4.46. The SMILES string of the molecule is CC(C)CCNCc1cc(O)c2c(c1N(C)C)C[C@H]1C[C@H]3[C@H](N(C)C)C(=O)C(C(N)=O)=C(O)[C@@]3(O)C(=O)C1=C2O. The van der Waals surface area contributed by atoms with Crippen LogP contribution in [0.1, 0.15) is 43.4 Å². The Kier molecular flexibility index (Phi) is 7.78. The van der Waals surface area contributed by atoms with Crippen LogP contribution in [0.2, 0.25) is 0 Å². The summed E-state index contributed by atoms with van der Waals surface area (Å²) in [6.07, 6.45) is 1.28. The van der Waals surface area contributed by atoms with Crippen molar-refractivity contribution in [2.24, 2.45) is 23.5 Å². The fourth-order valence-corrected chi connectivity index (χ4v) is 6.67. The zero-order valence-electron chi connectivity index (χ0n) is 23.9. The van der Waals surface area contributed by atoms with Crippen molar-refractivity contribution < 1.29 is 34.8 Å². The number of amides is 1. The van der Waals surface area contributed by atoms with Gasteiger partial charge < -0.3 is 36.4 Å². The number of likely N-dealkylation sites (N-methyl/N-ethyl adjacent to an activating group) is 1. The number of aliphatic hydroxyl groups excluding tert-OH is 2. The molecule has 218 valence electrons. The van der Waals surface area contributed by atoms with Crippen molar-refractivity contribution in [3.63, 3.8) is 0 Å². The van der Waals surface area contributed by atoms with Gasteiger partial charge in [-0.25, -0.2) is 0 Å². The second-order valence-corrected chi connectivity index (χ2v) is 12.0. The average Bonchev–Trinajstić information content (AvgIpc) is 2.83. The molecule has 0 saturated heterocycles. The second kappa shape index (κ2) is 10.5. The van der Waals surface area contributed by atoms with Crippen LogP contribution in [-0.2, 0) is 27.3 Å². The molecule has 0 unspecified atom stereocenters. The van der Waals surface area contributed by atoms with Crippen LogP contribution in [0, 0.1) is 17.8 Å². The summed E-state index contributed by atoms with van der Waals surface area (Å²) in [6, 6.07) is 0.443. The molecule has 11 nitrogen and oxygen atoms in total. The highest BCUT2D eigenvalue weighted by atomic mass is 16.3. The van der Waals surface area contributed by atoms with Crippen molar-refractivity contribution in [2.45, 2.75) is 51.3 Å². The molecule has 0 aromatic heterocycles. The van der Waals surface area contributed by atoms with Gasteiger partial charge in [0.25, 0.3) is 5.91 Å². The van der Waals surface area contributed by atoms with Gasteiger partial charge in [0, 0.05) is 37.8 Å². The lowest BCUT2D eigenvalue weighted by molar-refractivity contribution is -0.153. The van der Waals surface area contributed by atoms with E-state index in [1.165, 1.54) is 4.90 Å². The lowest BCUT2D eigenvalue weighted by atomic mass is 9.57. The highest BCUT2D eigenvalue weighted by Crippen LogP contribution is 2.54. The zero-order chi connectivity index (χ0) is 29.8. The molecule has 3 aliphatic carbocycles. The number of aliphatic hydroxyl groups is 3. The number of nitrogens with one attached hydrogen (secondary N) is 1. The number of benzene rings is 1. The summed E-state index contributed by atoms with van der Waals surface area (Å²) < 4.78 is 0. The number of hydrogen-bond donors (Lipinski definition) is 6. The van der Waals surface area contributed by atoms with Crippen molar-refractivity contribution >= 4 is 28.9 Å². The molecule has 1 fully saturated rings. The Morgan fingerprint density at radius 1 is 1.18 bits per heavy atom. The van der Waals surface area contributed by atoms with Crippen LogP contribution < -0.4 is 16.0 Å². The summed E-state index contributed by atoms with van der Waals surface area (Å²) in [4.78, 5) is 42.7. The summed E-state index contributed by atoms with van der Waals surface area (Å²) in [6.45, 7) is 5.55. The number of Topliss-reactive ketones (excluding diaryl/α,β-unsaturated/α-hetero) is 2. The quantitative estimate of drug-likeness (QED) is 0.201. The van der Waals surface area contributed by atoms with Crippen LogP contribution in [0.15, 0.2) is 23.0 Å². The molecule has 0 aliphatic heterocycles. The third-order valence-corrected chi connectivity index (χ3v) is 8.43. The number of nitrogens with two attached hydrogens (primary N) is 1. The molecule has 1 saturated carbocycles. The predicted molar refractivity (Wildman–Crippen MR) is 150 cm³/mol. The number of rotatable bonds is 8. The molecule has 7 N–H and O–H groups in total. The molecule has 4 atom stereocenters. The van der Waals surface area contributed by atoms with E-state index in [2.05, 4.69) is 19.2 Å². The summed E-state index contributed by atoms with van der Waals surface area (Å²) in [5.41, 5.74) is 4.10.